The SMILES string of the molecule is c1nc(NCC2CC2)cc(N2CCC3(CC2)OCCc2ccsc23)n1. The van der Waals surface area contributed by atoms with Gasteiger partial charge in [-0.1, -0.05) is 0 Å². The first kappa shape index (κ1) is 15.6. The van der Waals surface area contributed by atoms with Gasteiger partial charge < -0.3 is 15.0 Å². The summed E-state index contributed by atoms with van der Waals surface area (Å²) in [5.74, 6) is 2.83. The number of rotatable bonds is 4. The van der Waals surface area contributed by atoms with Gasteiger partial charge >= 0.3 is 0 Å². The van der Waals surface area contributed by atoms with Crippen LogP contribution in [0.4, 0.5) is 11.6 Å². The number of hydrogen-bond donors (Lipinski definition) is 1. The fourth-order valence-corrected chi connectivity index (χ4v) is 5.18. The molecule has 1 saturated carbocycles. The highest BCUT2D eigenvalue weighted by Crippen LogP contribution is 2.44. The third-order valence-corrected chi connectivity index (χ3v) is 6.87. The fourth-order valence-electron chi connectivity index (χ4n) is 4.01. The topological polar surface area (TPSA) is 50.3 Å². The number of anilines is 2. The Morgan fingerprint density at radius 1 is 1.28 bits per heavy atom. The van der Waals surface area contributed by atoms with E-state index in [2.05, 4.69) is 37.7 Å². The lowest BCUT2D eigenvalue weighted by molar-refractivity contribution is -0.0735. The molecule has 3 aliphatic rings. The summed E-state index contributed by atoms with van der Waals surface area (Å²) < 4.78 is 6.31. The summed E-state index contributed by atoms with van der Waals surface area (Å²) in [6.07, 6.45) is 7.52. The Kier molecular flexibility index (Phi) is 3.90. The summed E-state index contributed by atoms with van der Waals surface area (Å²) in [4.78, 5) is 12.7. The predicted molar refractivity (Wildman–Crippen MR) is 100 cm³/mol. The molecule has 4 heterocycles. The van der Waals surface area contributed by atoms with Crippen molar-refractivity contribution in [3.63, 3.8) is 0 Å². The number of thiophene rings is 1. The Hall–Kier alpha value is -1.66. The largest absolute Gasteiger partial charge is 0.370 e. The Morgan fingerprint density at radius 2 is 2.16 bits per heavy atom. The van der Waals surface area contributed by atoms with E-state index in [1.54, 1.807) is 6.33 Å². The van der Waals surface area contributed by atoms with Crippen LogP contribution in [0.3, 0.4) is 0 Å². The second-order valence-corrected chi connectivity index (χ2v) is 8.36. The number of piperidine rings is 1. The monoisotopic (exact) mass is 356 g/mol. The van der Waals surface area contributed by atoms with Gasteiger partial charge in [-0.25, -0.2) is 9.97 Å². The third kappa shape index (κ3) is 3.02. The molecular weight excluding hydrogens is 332 g/mol. The van der Waals surface area contributed by atoms with Crippen molar-refractivity contribution in [2.45, 2.75) is 37.7 Å². The van der Waals surface area contributed by atoms with Gasteiger partial charge in [-0.15, -0.1) is 11.3 Å². The first-order chi connectivity index (χ1) is 12.3. The molecule has 132 valence electrons. The first-order valence-corrected chi connectivity index (χ1v) is 10.2. The van der Waals surface area contributed by atoms with Crippen molar-refractivity contribution in [3.8, 4) is 0 Å². The molecule has 0 amide bonds. The molecule has 1 aliphatic carbocycles. The maximum atomic E-state index is 6.31. The molecule has 1 saturated heterocycles. The van der Waals surface area contributed by atoms with E-state index in [1.807, 2.05) is 11.3 Å². The minimum atomic E-state index is -0.0572. The van der Waals surface area contributed by atoms with Crippen LogP contribution in [0.25, 0.3) is 0 Å². The fraction of sp³-hybridized carbons (Fsp3) is 0.579. The van der Waals surface area contributed by atoms with Crippen molar-refractivity contribution in [2.24, 2.45) is 5.92 Å². The van der Waals surface area contributed by atoms with Gasteiger partial charge in [0.2, 0.25) is 0 Å². The van der Waals surface area contributed by atoms with E-state index >= 15 is 0 Å². The summed E-state index contributed by atoms with van der Waals surface area (Å²) in [5.41, 5.74) is 1.44. The summed E-state index contributed by atoms with van der Waals surface area (Å²) in [6, 6.07) is 4.37. The maximum Gasteiger partial charge on any atom is 0.134 e. The van der Waals surface area contributed by atoms with E-state index in [0.717, 1.165) is 63.1 Å². The van der Waals surface area contributed by atoms with E-state index in [1.165, 1.54) is 23.3 Å². The molecule has 25 heavy (non-hydrogen) atoms. The molecular formula is C19H24N4OS. The molecule has 1 N–H and O–H groups in total. The average molecular weight is 356 g/mol. The molecule has 0 radical (unpaired) electrons. The lowest BCUT2D eigenvalue weighted by atomic mass is 9.85. The smallest absolute Gasteiger partial charge is 0.134 e. The van der Waals surface area contributed by atoms with Crippen LogP contribution in [0.15, 0.2) is 23.8 Å². The van der Waals surface area contributed by atoms with Crippen LogP contribution in [-0.4, -0.2) is 36.2 Å². The van der Waals surface area contributed by atoms with Gasteiger partial charge in [0.25, 0.3) is 0 Å². The van der Waals surface area contributed by atoms with Crippen molar-refractivity contribution >= 4 is 23.0 Å². The van der Waals surface area contributed by atoms with Crippen LogP contribution >= 0.6 is 11.3 Å². The summed E-state index contributed by atoms with van der Waals surface area (Å²) in [5, 5.41) is 5.67. The normalized spacial score (nSPS) is 22.0. The van der Waals surface area contributed by atoms with E-state index in [-0.39, 0.29) is 5.60 Å². The van der Waals surface area contributed by atoms with Gasteiger partial charge in [0.15, 0.2) is 0 Å². The van der Waals surface area contributed by atoms with Crippen LogP contribution in [0.1, 0.15) is 36.1 Å². The van der Waals surface area contributed by atoms with Crippen molar-refractivity contribution in [2.75, 3.05) is 36.5 Å². The van der Waals surface area contributed by atoms with Gasteiger partial charge in [0, 0.05) is 30.6 Å². The average Bonchev–Trinajstić information content (AvgIpc) is 3.36. The van der Waals surface area contributed by atoms with Gasteiger partial charge in [-0.3, -0.25) is 0 Å². The van der Waals surface area contributed by atoms with E-state index in [0.29, 0.717) is 0 Å². The van der Waals surface area contributed by atoms with Gasteiger partial charge in [0.05, 0.1) is 6.61 Å². The van der Waals surface area contributed by atoms with Crippen molar-refractivity contribution in [3.05, 3.63) is 34.3 Å². The number of hydrogen-bond acceptors (Lipinski definition) is 6. The van der Waals surface area contributed by atoms with Gasteiger partial charge in [0.1, 0.15) is 23.6 Å². The minimum Gasteiger partial charge on any atom is -0.370 e. The number of aromatic nitrogens is 2. The quantitative estimate of drug-likeness (QED) is 0.909. The standard InChI is InChI=1S/C19H24N4OS/c1-2-14(1)12-20-16-11-17(22-13-21-16)23-7-5-19(6-8-23)18-15(3-9-24-19)4-10-25-18/h4,10-11,13-14H,1-3,5-9,12H2,(H,20,21,22). The highest BCUT2D eigenvalue weighted by Gasteiger charge is 2.42. The molecule has 5 rings (SSSR count). The van der Waals surface area contributed by atoms with Crippen LogP contribution in [0, 0.1) is 5.92 Å². The second kappa shape index (κ2) is 6.25. The number of nitrogens with one attached hydrogen (secondary N) is 1. The zero-order chi connectivity index (χ0) is 16.7. The van der Waals surface area contributed by atoms with Gasteiger partial charge in [-0.05, 0) is 55.0 Å². The zero-order valence-electron chi connectivity index (χ0n) is 14.4. The summed E-state index contributed by atoms with van der Waals surface area (Å²) >= 11 is 1.87. The second-order valence-electron chi connectivity index (χ2n) is 7.44. The molecule has 2 aliphatic heterocycles. The molecule has 2 fully saturated rings. The van der Waals surface area contributed by atoms with E-state index in [9.17, 15) is 0 Å². The molecule has 5 nitrogen and oxygen atoms in total. The van der Waals surface area contributed by atoms with E-state index < -0.39 is 0 Å². The summed E-state index contributed by atoms with van der Waals surface area (Å²) in [6.45, 7) is 3.86. The van der Waals surface area contributed by atoms with Crippen molar-refractivity contribution in [1.29, 1.82) is 0 Å². The Morgan fingerprint density at radius 3 is 3.00 bits per heavy atom. The Bertz CT molecular complexity index is 749. The molecule has 6 heteroatoms. The van der Waals surface area contributed by atoms with E-state index in [4.69, 9.17) is 4.74 Å². The number of nitrogens with zero attached hydrogens (tertiary/aromatic N) is 3. The molecule has 0 bridgehead atoms. The molecule has 0 unspecified atom stereocenters. The number of ether oxygens (including phenoxy) is 1. The summed E-state index contributed by atoms with van der Waals surface area (Å²) in [7, 11) is 0. The zero-order valence-corrected chi connectivity index (χ0v) is 15.2. The highest BCUT2D eigenvalue weighted by molar-refractivity contribution is 7.10. The van der Waals surface area contributed by atoms with Crippen molar-refractivity contribution < 1.29 is 4.74 Å². The lowest BCUT2D eigenvalue weighted by Crippen LogP contribution is -2.46. The lowest BCUT2D eigenvalue weighted by Gasteiger charge is -2.44. The predicted octanol–water partition coefficient (Wildman–Crippen LogP) is 3.43. The van der Waals surface area contributed by atoms with Gasteiger partial charge in [-0.2, -0.15) is 0 Å². The molecule has 2 aromatic rings. The molecule has 0 atom stereocenters. The van der Waals surface area contributed by atoms with Crippen LogP contribution in [0.5, 0.6) is 0 Å². The maximum absolute atomic E-state index is 6.31. The molecule has 2 aromatic heterocycles. The molecule has 1 spiro atoms. The van der Waals surface area contributed by atoms with Crippen LogP contribution in [-0.2, 0) is 16.8 Å². The minimum absolute atomic E-state index is 0.0572. The van der Waals surface area contributed by atoms with Crippen molar-refractivity contribution in [1.82, 2.24) is 9.97 Å². The van der Waals surface area contributed by atoms with Crippen LogP contribution < -0.4 is 10.2 Å². The number of fused-ring (bicyclic) bond motifs is 2. The Balaban J connectivity index is 1.28. The molecule has 0 aromatic carbocycles. The highest BCUT2D eigenvalue weighted by atomic mass is 32.1. The third-order valence-electron chi connectivity index (χ3n) is 5.73. The Labute approximate surface area is 152 Å². The first-order valence-electron chi connectivity index (χ1n) is 9.34. The van der Waals surface area contributed by atoms with Crippen LogP contribution in [0.2, 0.25) is 0 Å².